The lowest BCUT2D eigenvalue weighted by Gasteiger charge is -2.11. The van der Waals surface area contributed by atoms with Crippen molar-refractivity contribution in [1.29, 1.82) is 0 Å². The third kappa shape index (κ3) is 4.63. The molecular weight excluding hydrogens is 460 g/mol. The predicted octanol–water partition coefficient (Wildman–Crippen LogP) is 5.74. The Bertz CT molecular complexity index is 1160. The number of thioether (sulfide) groups is 1. The third-order valence-corrected chi connectivity index (χ3v) is 6.06. The maximum atomic E-state index is 12.5. The van der Waals surface area contributed by atoms with Crippen LogP contribution in [-0.4, -0.2) is 26.4 Å². The fraction of sp³-hybridized carbons (Fsp3) is 0.0870. The van der Waals surface area contributed by atoms with E-state index in [1.807, 2.05) is 71.3 Å². The number of para-hydroxylation sites is 1. The first kappa shape index (κ1) is 20.4. The van der Waals surface area contributed by atoms with Crippen molar-refractivity contribution in [3.63, 3.8) is 0 Å². The van der Waals surface area contributed by atoms with Gasteiger partial charge in [0.25, 0.3) is 0 Å². The second-order valence-electron chi connectivity index (χ2n) is 6.66. The third-order valence-electron chi connectivity index (χ3n) is 4.44. The molecule has 0 bridgehead atoms. The Morgan fingerprint density at radius 3 is 2.40 bits per heavy atom. The first-order valence-electron chi connectivity index (χ1n) is 9.37. The van der Waals surface area contributed by atoms with Crippen molar-refractivity contribution in [3.05, 3.63) is 88.9 Å². The number of rotatable bonds is 6. The highest BCUT2D eigenvalue weighted by Gasteiger charge is 2.17. The summed E-state index contributed by atoms with van der Waals surface area (Å²) in [5.74, 6) is 0.861. The zero-order valence-electron chi connectivity index (χ0n) is 16.2. The van der Waals surface area contributed by atoms with Crippen LogP contribution in [0.4, 0.5) is 5.69 Å². The van der Waals surface area contributed by atoms with Gasteiger partial charge in [-0.05, 0) is 47.1 Å². The van der Waals surface area contributed by atoms with E-state index in [9.17, 15) is 4.79 Å². The highest BCUT2D eigenvalue weighted by Crippen LogP contribution is 2.28. The number of anilines is 1. The van der Waals surface area contributed by atoms with E-state index >= 15 is 0 Å². The molecule has 0 unspecified atom stereocenters. The van der Waals surface area contributed by atoms with E-state index in [1.165, 1.54) is 17.3 Å². The van der Waals surface area contributed by atoms with E-state index in [2.05, 4.69) is 50.5 Å². The van der Waals surface area contributed by atoms with Gasteiger partial charge in [-0.2, -0.15) is 0 Å². The van der Waals surface area contributed by atoms with Crippen molar-refractivity contribution < 1.29 is 4.79 Å². The average molecular weight is 479 g/mol. The summed E-state index contributed by atoms with van der Waals surface area (Å²) in [6.45, 7) is 2.05. The lowest BCUT2D eigenvalue weighted by Crippen LogP contribution is -2.15. The first-order chi connectivity index (χ1) is 14.6. The minimum Gasteiger partial charge on any atom is -0.324 e. The summed E-state index contributed by atoms with van der Waals surface area (Å²) < 4.78 is 2.84. The number of nitrogens with one attached hydrogen (secondary N) is 1. The fourth-order valence-electron chi connectivity index (χ4n) is 2.94. The molecule has 5 nitrogen and oxygen atoms in total. The summed E-state index contributed by atoms with van der Waals surface area (Å²) in [5, 5.41) is 12.4. The Hall–Kier alpha value is -2.90. The number of aryl methyl sites for hydroxylation is 1. The highest BCUT2D eigenvalue weighted by atomic mass is 79.9. The van der Waals surface area contributed by atoms with Gasteiger partial charge in [0.2, 0.25) is 5.91 Å². The smallest absolute Gasteiger partial charge is 0.234 e. The summed E-state index contributed by atoms with van der Waals surface area (Å²) in [7, 11) is 0. The Labute approximate surface area is 187 Å². The van der Waals surface area contributed by atoms with Gasteiger partial charge in [-0.15, -0.1) is 10.2 Å². The van der Waals surface area contributed by atoms with E-state index in [-0.39, 0.29) is 11.7 Å². The van der Waals surface area contributed by atoms with Crippen LogP contribution in [0.15, 0.2) is 88.5 Å². The number of benzene rings is 3. The number of amides is 1. The van der Waals surface area contributed by atoms with Gasteiger partial charge < -0.3 is 5.32 Å². The van der Waals surface area contributed by atoms with Gasteiger partial charge in [0.05, 0.1) is 11.4 Å². The Balaban J connectivity index is 1.60. The SMILES string of the molecule is Cc1ccc(-n2c(SCC(=O)Nc3ccccc3Br)nnc2-c2ccccc2)cc1. The second-order valence-corrected chi connectivity index (χ2v) is 8.46. The van der Waals surface area contributed by atoms with Gasteiger partial charge in [0.1, 0.15) is 0 Å². The minimum absolute atomic E-state index is 0.105. The molecule has 0 aliphatic heterocycles. The van der Waals surface area contributed by atoms with E-state index in [4.69, 9.17) is 0 Å². The van der Waals surface area contributed by atoms with Gasteiger partial charge in [0, 0.05) is 15.7 Å². The van der Waals surface area contributed by atoms with Gasteiger partial charge in [0.15, 0.2) is 11.0 Å². The van der Waals surface area contributed by atoms with Crippen molar-refractivity contribution in [1.82, 2.24) is 14.8 Å². The van der Waals surface area contributed by atoms with Crippen LogP contribution in [0.3, 0.4) is 0 Å². The average Bonchev–Trinajstić information content (AvgIpc) is 3.19. The van der Waals surface area contributed by atoms with Gasteiger partial charge >= 0.3 is 0 Å². The van der Waals surface area contributed by atoms with Crippen LogP contribution in [-0.2, 0) is 4.79 Å². The molecule has 0 radical (unpaired) electrons. The second kappa shape index (κ2) is 9.28. The molecule has 0 atom stereocenters. The van der Waals surface area contributed by atoms with Gasteiger partial charge in [-0.1, -0.05) is 71.9 Å². The van der Waals surface area contributed by atoms with E-state index in [1.54, 1.807) is 0 Å². The number of hydrogen-bond acceptors (Lipinski definition) is 4. The molecule has 1 heterocycles. The summed E-state index contributed by atoms with van der Waals surface area (Å²) in [4.78, 5) is 12.5. The lowest BCUT2D eigenvalue weighted by atomic mass is 10.2. The number of carbonyl (C=O) groups excluding carboxylic acids is 1. The number of carbonyl (C=O) groups is 1. The molecule has 0 saturated carbocycles. The lowest BCUT2D eigenvalue weighted by molar-refractivity contribution is -0.113. The van der Waals surface area contributed by atoms with Crippen molar-refractivity contribution in [2.75, 3.05) is 11.1 Å². The molecule has 30 heavy (non-hydrogen) atoms. The molecule has 7 heteroatoms. The van der Waals surface area contributed by atoms with Crippen molar-refractivity contribution in [3.8, 4) is 17.1 Å². The zero-order valence-corrected chi connectivity index (χ0v) is 18.7. The summed E-state index contributed by atoms with van der Waals surface area (Å²) in [6, 6.07) is 25.6. The predicted molar refractivity (Wildman–Crippen MR) is 125 cm³/mol. The maximum Gasteiger partial charge on any atom is 0.234 e. The molecule has 3 aromatic carbocycles. The minimum atomic E-state index is -0.105. The van der Waals surface area contributed by atoms with Crippen LogP contribution in [0, 0.1) is 6.92 Å². The number of aromatic nitrogens is 3. The number of hydrogen-bond donors (Lipinski definition) is 1. The van der Waals surface area contributed by atoms with Gasteiger partial charge in [-0.25, -0.2) is 0 Å². The molecule has 0 aliphatic carbocycles. The van der Waals surface area contributed by atoms with Crippen molar-refractivity contribution in [2.45, 2.75) is 12.1 Å². The van der Waals surface area contributed by atoms with Crippen LogP contribution < -0.4 is 5.32 Å². The molecule has 150 valence electrons. The summed E-state index contributed by atoms with van der Waals surface area (Å²) in [6.07, 6.45) is 0. The Morgan fingerprint density at radius 2 is 1.67 bits per heavy atom. The summed E-state index contributed by atoms with van der Waals surface area (Å²) >= 11 is 4.81. The molecule has 0 saturated heterocycles. The highest BCUT2D eigenvalue weighted by molar-refractivity contribution is 9.10. The molecule has 4 aromatic rings. The van der Waals surface area contributed by atoms with Crippen molar-refractivity contribution in [2.24, 2.45) is 0 Å². The topological polar surface area (TPSA) is 59.8 Å². The van der Waals surface area contributed by atoms with Crippen molar-refractivity contribution >= 4 is 39.3 Å². The summed E-state index contributed by atoms with van der Waals surface area (Å²) in [5.41, 5.74) is 3.84. The number of nitrogens with zero attached hydrogens (tertiary/aromatic N) is 3. The molecule has 1 N–H and O–H groups in total. The van der Waals surface area contributed by atoms with E-state index in [0.29, 0.717) is 5.16 Å². The van der Waals surface area contributed by atoms with Gasteiger partial charge in [-0.3, -0.25) is 9.36 Å². The fourth-order valence-corrected chi connectivity index (χ4v) is 4.08. The van der Waals surface area contributed by atoms with Crippen LogP contribution >= 0.6 is 27.7 Å². The monoisotopic (exact) mass is 478 g/mol. The Kier molecular flexibility index (Phi) is 6.30. The molecule has 0 aliphatic rings. The van der Waals surface area contributed by atoms with E-state index in [0.717, 1.165) is 27.2 Å². The molecule has 0 fully saturated rings. The molecular formula is C23H19BrN4OS. The van der Waals surface area contributed by atoms with E-state index < -0.39 is 0 Å². The molecule has 0 spiro atoms. The molecule has 4 rings (SSSR count). The molecule has 1 aromatic heterocycles. The largest absolute Gasteiger partial charge is 0.324 e. The zero-order chi connectivity index (χ0) is 20.9. The first-order valence-corrected chi connectivity index (χ1v) is 11.1. The van der Waals surface area contributed by atoms with Crippen LogP contribution in [0.2, 0.25) is 0 Å². The van der Waals surface area contributed by atoms with Crippen LogP contribution in [0.25, 0.3) is 17.1 Å². The van der Waals surface area contributed by atoms with Crippen LogP contribution in [0.5, 0.6) is 0 Å². The standard InChI is InChI=1S/C23H19BrN4OS/c1-16-11-13-18(14-12-16)28-22(17-7-3-2-4-8-17)26-27-23(28)30-15-21(29)25-20-10-6-5-9-19(20)24/h2-14H,15H2,1H3,(H,25,29). The Morgan fingerprint density at radius 1 is 0.967 bits per heavy atom. The molecule has 1 amide bonds. The normalized spacial score (nSPS) is 10.7. The maximum absolute atomic E-state index is 12.5. The quantitative estimate of drug-likeness (QED) is 0.359. The van der Waals surface area contributed by atoms with Crippen LogP contribution in [0.1, 0.15) is 5.56 Å². The number of halogens is 1.